The molecule has 2 fully saturated rings. The van der Waals surface area contributed by atoms with E-state index in [1.165, 1.54) is 0 Å². The summed E-state index contributed by atoms with van der Waals surface area (Å²) in [7, 11) is 3.31. The minimum Gasteiger partial charge on any atom is -0.497 e. The number of piperidine rings is 1. The van der Waals surface area contributed by atoms with E-state index < -0.39 is 0 Å². The van der Waals surface area contributed by atoms with Crippen LogP contribution in [0.1, 0.15) is 19.3 Å². The summed E-state index contributed by atoms with van der Waals surface area (Å²) in [5.41, 5.74) is 0.995. The molecule has 1 aromatic rings. The summed E-state index contributed by atoms with van der Waals surface area (Å²) in [5.74, 6) is 4.03. The number of hydrogen-bond acceptors (Lipinski definition) is 6. The van der Waals surface area contributed by atoms with Gasteiger partial charge in [-0.05, 0) is 12.8 Å². The van der Waals surface area contributed by atoms with Gasteiger partial charge < -0.3 is 25.0 Å². The van der Waals surface area contributed by atoms with E-state index >= 15 is 0 Å². The molecular formula is C19H31Cl2N3O3S. The number of amides is 1. The summed E-state index contributed by atoms with van der Waals surface area (Å²) in [6.07, 6.45) is 2.54. The normalized spacial score (nSPS) is 19.8. The third-order valence-electron chi connectivity index (χ3n) is 4.99. The molecule has 3 rings (SSSR count). The van der Waals surface area contributed by atoms with Crippen LogP contribution in [0, 0.1) is 0 Å². The van der Waals surface area contributed by atoms with Gasteiger partial charge in [0.1, 0.15) is 11.5 Å². The van der Waals surface area contributed by atoms with Crippen molar-refractivity contribution in [3.63, 3.8) is 0 Å². The lowest BCUT2D eigenvalue weighted by Gasteiger charge is -2.34. The maximum atomic E-state index is 12.5. The zero-order valence-electron chi connectivity index (χ0n) is 16.4. The van der Waals surface area contributed by atoms with Crippen molar-refractivity contribution in [3.8, 4) is 11.5 Å². The van der Waals surface area contributed by atoms with Crippen LogP contribution in [-0.2, 0) is 4.79 Å². The molecule has 2 heterocycles. The van der Waals surface area contributed by atoms with Gasteiger partial charge in [0.05, 0.1) is 14.2 Å². The number of ether oxygens (including phenoxy) is 2. The van der Waals surface area contributed by atoms with Crippen molar-refractivity contribution in [2.45, 2.75) is 31.3 Å². The molecule has 1 unspecified atom stereocenters. The van der Waals surface area contributed by atoms with E-state index in [-0.39, 0.29) is 30.7 Å². The summed E-state index contributed by atoms with van der Waals surface area (Å²) in [4.78, 5) is 14.5. The second-order valence-electron chi connectivity index (χ2n) is 6.83. The molecule has 0 saturated carbocycles. The molecular weight excluding hydrogens is 421 g/mol. The average Bonchev–Trinajstić information content (AvgIpc) is 2.69. The van der Waals surface area contributed by atoms with Crippen LogP contribution in [0.4, 0.5) is 5.69 Å². The van der Waals surface area contributed by atoms with Crippen molar-refractivity contribution in [2.75, 3.05) is 50.7 Å². The van der Waals surface area contributed by atoms with Crippen LogP contribution < -0.4 is 20.1 Å². The highest BCUT2D eigenvalue weighted by atomic mass is 35.5. The van der Waals surface area contributed by atoms with Gasteiger partial charge in [-0.1, -0.05) is 0 Å². The first-order chi connectivity index (χ1) is 12.7. The number of nitrogens with zero attached hydrogens (tertiary/aromatic N) is 1. The van der Waals surface area contributed by atoms with Crippen molar-refractivity contribution in [3.05, 3.63) is 18.2 Å². The van der Waals surface area contributed by atoms with Gasteiger partial charge in [-0.2, -0.15) is 11.8 Å². The van der Waals surface area contributed by atoms with Crippen molar-refractivity contribution in [1.82, 2.24) is 10.2 Å². The maximum absolute atomic E-state index is 12.5. The molecule has 2 saturated heterocycles. The Labute approximate surface area is 184 Å². The standard InChI is InChI=1S/C19H29N3O3S.2ClH/c1-24-17-9-15(10-18(12-17)25-2)21-14-3-6-22(7-4-14)19(23)11-16-13-26-8-5-20-16;;/h9-10,12,14,16,20-21H,3-8,11,13H2,1-2H3;2*1H. The van der Waals surface area contributed by atoms with E-state index in [1.54, 1.807) is 14.2 Å². The van der Waals surface area contributed by atoms with Crippen LogP contribution in [-0.4, -0.2) is 68.3 Å². The Morgan fingerprint density at radius 2 is 1.82 bits per heavy atom. The Kier molecular flexibility index (Phi) is 11.2. The number of carbonyl (C=O) groups excluding carboxylic acids is 1. The van der Waals surface area contributed by atoms with Crippen LogP contribution in [0.3, 0.4) is 0 Å². The predicted molar refractivity (Wildman–Crippen MR) is 121 cm³/mol. The Hall–Kier alpha value is -1.02. The first kappa shape index (κ1) is 25.0. The molecule has 1 atom stereocenters. The molecule has 2 N–H and O–H groups in total. The second-order valence-corrected chi connectivity index (χ2v) is 7.98. The molecule has 1 amide bonds. The number of rotatable bonds is 6. The zero-order valence-corrected chi connectivity index (χ0v) is 18.9. The lowest BCUT2D eigenvalue weighted by atomic mass is 10.0. The Morgan fingerprint density at radius 3 is 2.36 bits per heavy atom. The smallest absolute Gasteiger partial charge is 0.224 e. The number of anilines is 1. The van der Waals surface area contributed by atoms with Crippen molar-refractivity contribution < 1.29 is 14.3 Å². The van der Waals surface area contributed by atoms with Crippen LogP contribution in [0.2, 0.25) is 0 Å². The number of nitrogens with one attached hydrogen (secondary N) is 2. The van der Waals surface area contributed by atoms with E-state index in [2.05, 4.69) is 10.6 Å². The van der Waals surface area contributed by atoms with Gasteiger partial charge >= 0.3 is 0 Å². The summed E-state index contributed by atoms with van der Waals surface area (Å²) in [6, 6.07) is 6.52. The number of halogens is 2. The van der Waals surface area contributed by atoms with Crippen LogP contribution in [0.5, 0.6) is 11.5 Å². The van der Waals surface area contributed by atoms with E-state index in [0.29, 0.717) is 18.5 Å². The SMILES string of the molecule is COc1cc(NC2CCN(C(=O)CC3CSCCN3)CC2)cc(OC)c1.Cl.Cl. The number of benzene rings is 1. The van der Waals surface area contributed by atoms with Crippen molar-refractivity contribution in [2.24, 2.45) is 0 Å². The van der Waals surface area contributed by atoms with Crippen LogP contribution in [0.15, 0.2) is 18.2 Å². The van der Waals surface area contributed by atoms with Gasteiger partial charge in [0, 0.05) is 73.5 Å². The van der Waals surface area contributed by atoms with Gasteiger partial charge in [0.25, 0.3) is 0 Å². The van der Waals surface area contributed by atoms with Gasteiger partial charge in [-0.15, -0.1) is 24.8 Å². The third-order valence-corrected chi connectivity index (χ3v) is 6.12. The number of hydrogen-bond donors (Lipinski definition) is 2. The molecule has 0 radical (unpaired) electrons. The monoisotopic (exact) mass is 451 g/mol. The number of thioether (sulfide) groups is 1. The van der Waals surface area contributed by atoms with Crippen molar-refractivity contribution in [1.29, 1.82) is 0 Å². The molecule has 2 aliphatic heterocycles. The summed E-state index contributed by atoms with van der Waals surface area (Å²) in [6.45, 7) is 2.65. The van der Waals surface area contributed by atoms with E-state index in [1.807, 2.05) is 34.9 Å². The molecule has 1 aromatic carbocycles. The minimum absolute atomic E-state index is 0. The Bertz CT molecular complexity index is 588. The fourth-order valence-corrected chi connectivity index (χ4v) is 4.44. The van der Waals surface area contributed by atoms with Gasteiger partial charge in [-0.25, -0.2) is 0 Å². The predicted octanol–water partition coefficient (Wildman–Crippen LogP) is 3.05. The largest absolute Gasteiger partial charge is 0.497 e. The Morgan fingerprint density at radius 1 is 1.18 bits per heavy atom. The molecule has 0 bridgehead atoms. The van der Waals surface area contributed by atoms with E-state index in [9.17, 15) is 4.79 Å². The second kappa shape index (κ2) is 12.5. The minimum atomic E-state index is 0. The lowest BCUT2D eigenvalue weighted by Crippen LogP contribution is -2.46. The first-order valence-corrected chi connectivity index (χ1v) is 10.4. The highest BCUT2D eigenvalue weighted by Crippen LogP contribution is 2.27. The maximum Gasteiger partial charge on any atom is 0.224 e. The molecule has 9 heteroatoms. The summed E-state index contributed by atoms with van der Waals surface area (Å²) >= 11 is 1.94. The molecule has 0 aromatic heterocycles. The molecule has 6 nitrogen and oxygen atoms in total. The molecule has 0 spiro atoms. The highest BCUT2D eigenvalue weighted by Gasteiger charge is 2.25. The average molecular weight is 452 g/mol. The molecule has 2 aliphatic rings. The molecule has 28 heavy (non-hydrogen) atoms. The summed E-state index contributed by atoms with van der Waals surface area (Å²) in [5, 5.41) is 7.01. The van der Waals surface area contributed by atoms with Crippen LogP contribution in [0.25, 0.3) is 0 Å². The van der Waals surface area contributed by atoms with Gasteiger partial charge in [-0.3, -0.25) is 4.79 Å². The lowest BCUT2D eigenvalue weighted by molar-refractivity contribution is -0.132. The zero-order chi connectivity index (χ0) is 18.4. The van der Waals surface area contributed by atoms with Crippen molar-refractivity contribution >= 4 is 48.2 Å². The third kappa shape index (κ3) is 7.10. The topological polar surface area (TPSA) is 62.8 Å². The van der Waals surface area contributed by atoms with Crippen LogP contribution >= 0.6 is 36.6 Å². The highest BCUT2D eigenvalue weighted by molar-refractivity contribution is 7.99. The number of carbonyl (C=O) groups is 1. The van der Waals surface area contributed by atoms with E-state index in [4.69, 9.17) is 9.47 Å². The fourth-order valence-electron chi connectivity index (χ4n) is 3.49. The van der Waals surface area contributed by atoms with Gasteiger partial charge in [0.15, 0.2) is 0 Å². The number of likely N-dealkylation sites (tertiary alicyclic amines) is 1. The number of methoxy groups -OCH3 is 2. The first-order valence-electron chi connectivity index (χ1n) is 9.26. The van der Waals surface area contributed by atoms with E-state index in [0.717, 1.165) is 61.2 Å². The fraction of sp³-hybridized carbons (Fsp3) is 0.632. The summed E-state index contributed by atoms with van der Waals surface area (Å²) < 4.78 is 10.7. The quantitative estimate of drug-likeness (QED) is 0.692. The molecule has 160 valence electrons. The molecule has 0 aliphatic carbocycles. The van der Waals surface area contributed by atoms with Gasteiger partial charge in [0.2, 0.25) is 5.91 Å². The Balaban J connectivity index is 0.00000196.